The minimum Gasteiger partial charge on any atom is -0.307 e. The monoisotopic (exact) mass is 278 g/mol. The molecule has 106 valence electrons. The fourth-order valence-electron chi connectivity index (χ4n) is 2.10. The molecule has 0 atom stereocenters. The number of hydrogen-bond donors (Lipinski definition) is 1. The molecule has 1 heterocycles. The molecule has 2 nitrogen and oxygen atoms in total. The summed E-state index contributed by atoms with van der Waals surface area (Å²) >= 11 is 1.93. The predicted octanol–water partition coefficient (Wildman–Crippen LogP) is 3.79. The van der Waals surface area contributed by atoms with Crippen LogP contribution in [0.4, 0.5) is 0 Å². The van der Waals surface area contributed by atoms with E-state index in [0.717, 1.165) is 25.7 Å². The van der Waals surface area contributed by atoms with Gasteiger partial charge in [0.05, 0.1) is 0 Å². The summed E-state index contributed by atoms with van der Waals surface area (Å²) < 4.78 is 0. The van der Waals surface area contributed by atoms with Crippen molar-refractivity contribution in [2.75, 3.05) is 6.54 Å². The van der Waals surface area contributed by atoms with Crippen molar-refractivity contribution in [3.8, 4) is 0 Å². The van der Waals surface area contributed by atoms with Crippen molar-refractivity contribution in [2.45, 2.75) is 58.3 Å². The van der Waals surface area contributed by atoms with Crippen molar-refractivity contribution in [3.05, 3.63) is 34.5 Å². The molecule has 0 aliphatic heterocycles. The fraction of sp³-hybridized carbons (Fsp3) is 0.625. The molecule has 1 aromatic heterocycles. The maximum atomic E-state index is 3.87. The van der Waals surface area contributed by atoms with Gasteiger partial charge in [0.25, 0.3) is 0 Å². The zero-order chi connectivity index (χ0) is 13.9. The zero-order valence-corrected chi connectivity index (χ0v) is 13.2. The summed E-state index contributed by atoms with van der Waals surface area (Å²) in [5.74, 6) is 0. The molecular weight excluding hydrogens is 252 g/mol. The number of rotatable bonds is 7. The Bertz CT molecular complexity index is 413. The van der Waals surface area contributed by atoms with E-state index in [0.29, 0.717) is 0 Å². The molecule has 1 N–H and O–H groups in total. The normalized spacial score (nSPS) is 16.0. The number of nitrogens with one attached hydrogen (secondary N) is 1. The lowest BCUT2D eigenvalue weighted by atomic mass is 10.1. The largest absolute Gasteiger partial charge is 0.307 e. The van der Waals surface area contributed by atoms with Crippen LogP contribution in [0.2, 0.25) is 0 Å². The summed E-state index contributed by atoms with van der Waals surface area (Å²) in [7, 11) is 0. The van der Waals surface area contributed by atoms with Gasteiger partial charge in [0.2, 0.25) is 0 Å². The second-order valence-electron chi connectivity index (χ2n) is 6.42. The highest BCUT2D eigenvalue weighted by Crippen LogP contribution is 2.29. The molecule has 2 rings (SSSR count). The molecule has 0 spiro atoms. The van der Waals surface area contributed by atoms with Crippen LogP contribution in [0.3, 0.4) is 0 Å². The molecule has 0 amide bonds. The van der Waals surface area contributed by atoms with Crippen molar-refractivity contribution in [1.82, 2.24) is 10.2 Å². The molecule has 1 aliphatic carbocycles. The number of thiophene rings is 1. The highest BCUT2D eigenvalue weighted by molar-refractivity contribution is 7.11. The Morgan fingerprint density at radius 2 is 2.05 bits per heavy atom. The fourth-order valence-corrected chi connectivity index (χ4v) is 3.09. The first-order valence-electron chi connectivity index (χ1n) is 7.15. The van der Waals surface area contributed by atoms with Crippen molar-refractivity contribution in [3.63, 3.8) is 0 Å². The lowest BCUT2D eigenvalue weighted by Crippen LogP contribution is -2.34. The summed E-state index contributed by atoms with van der Waals surface area (Å²) in [6.07, 6.45) is 4.74. The minimum atomic E-state index is 0.188. The molecule has 0 unspecified atom stereocenters. The van der Waals surface area contributed by atoms with Crippen LogP contribution in [0.1, 0.15) is 43.4 Å². The first kappa shape index (κ1) is 14.8. The smallest absolute Gasteiger partial charge is 0.0334 e. The molecule has 0 bridgehead atoms. The molecular formula is C16H26N2S. The summed E-state index contributed by atoms with van der Waals surface area (Å²) in [5.41, 5.74) is 0.188. The van der Waals surface area contributed by atoms with Crippen LogP contribution >= 0.6 is 11.3 Å². The van der Waals surface area contributed by atoms with Crippen molar-refractivity contribution in [1.29, 1.82) is 0 Å². The second kappa shape index (κ2) is 6.21. The van der Waals surface area contributed by atoms with Crippen LogP contribution in [0.15, 0.2) is 24.8 Å². The summed E-state index contributed by atoms with van der Waals surface area (Å²) in [6, 6.07) is 5.34. The summed E-state index contributed by atoms with van der Waals surface area (Å²) in [5, 5.41) is 3.55. The molecule has 3 heteroatoms. The van der Waals surface area contributed by atoms with E-state index in [1.165, 1.54) is 22.6 Å². The molecule has 0 aromatic carbocycles. The third kappa shape index (κ3) is 5.09. The Morgan fingerprint density at radius 1 is 1.37 bits per heavy atom. The number of nitrogens with zero attached hydrogens (tertiary/aromatic N) is 1. The molecule has 19 heavy (non-hydrogen) atoms. The average molecular weight is 278 g/mol. The van der Waals surface area contributed by atoms with Gasteiger partial charge in [-0.15, -0.1) is 17.9 Å². The van der Waals surface area contributed by atoms with E-state index < -0.39 is 0 Å². The van der Waals surface area contributed by atoms with Gasteiger partial charge >= 0.3 is 0 Å². The lowest BCUT2D eigenvalue weighted by Gasteiger charge is -2.20. The lowest BCUT2D eigenvalue weighted by molar-refractivity contribution is 0.286. The Hall–Kier alpha value is -0.640. The maximum absolute atomic E-state index is 3.87. The zero-order valence-electron chi connectivity index (χ0n) is 12.4. The molecule has 0 saturated heterocycles. The third-order valence-corrected chi connectivity index (χ3v) is 4.37. The first-order valence-corrected chi connectivity index (χ1v) is 7.97. The molecule has 1 aromatic rings. The van der Waals surface area contributed by atoms with Gasteiger partial charge in [-0.25, -0.2) is 0 Å². The van der Waals surface area contributed by atoms with Crippen LogP contribution in [-0.4, -0.2) is 23.0 Å². The third-order valence-electron chi connectivity index (χ3n) is 3.30. The quantitative estimate of drug-likeness (QED) is 0.763. The molecule has 1 aliphatic rings. The SMILES string of the molecule is C=CCN(Cc1ccc(CNC(C)(C)C)s1)C1CC1. The molecule has 1 fully saturated rings. The van der Waals surface area contributed by atoms with Gasteiger partial charge in [-0.3, -0.25) is 4.90 Å². The van der Waals surface area contributed by atoms with Crippen molar-refractivity contribution in [2.24, 2.45) is 0 Å². The first-order chi connectivity index (χ1) is 8.98. The van der Waals surface area contributed by atoms with Crippen molar-refractivity contribution < 1.29 is 0 Å². The van der Waals surface area contributed by atoms with E-state index in [9.17, 15) is 0 Å². The Morgan fingerprint density at radius 3 is 2.63 bits per heavy atom. The van der Waals surface area contributed by atoms with E-state index >= 15 is 0 Å². The van der Waals surface area contributed by atoms with Crippen LogP contribution in [0.5, 0.6) is 0 Å². The van der Waals surface area contributed by atoms with Gasteiger partial charge in [0.1, 0.15) is 0 Å². The molecule has 1 saturated carbocycles. The second-order valence-corrected chi connectivity index (χ2v) is 7.67. The van der Waals surface area contributed by atoms with E-state index in [2.05, 4.69) is 49.7 Å². The minimum absolute atomic E-state index is 0.188. The average Bonchev–Trinajstić information content (AvgIpc) is 3.07. The highest BCUT2D eigenvalue weighted by Gasteiger charge is 2.28. The van der Waals surface area contributed by atoms with Crippen molar-refractivity contribution >= 4 is 11.3 Å². The van der Waals surface area contributed by atoms with Gasteiger partial charge in [0, 0.05) is 41.0 Å². The Balaban J connectivity index is 1.87. The Labute approximate surface area is 121 Å². The van der Waals surface area contributed by atoms with Crippen LogP contribution < -0.4 is 5.32 Å². The summed E-state index contributed by atoms with van der Waals surface area (Å²) in [6.45, 7) is 13.6. The van der Waals surface area contributed by atoms with Gasteiger partial charge in [0.15, 0.2) is 0 Å². The maximum Gasteiger partial charge on any atom is 0.0334 e. The van der Waals surface area contributed by atoms with Gasteiger partial charge in [-0.1, -0.05) is 6.08 Å². The van der Waals surface area contributed by atoms with Crippen LogP contribution in [0, 0.1) is 0 Å². The van der Waals surface area contributed by atoms with E-state index in [1.807, 2.05) is 17.4 Å². The number of hydrogen-bond acceptors (Lipinski definition) is 3. The van der Waals surface area contributed by atoms with Gasteiger partial charge in [-0.2, -0.15) is 0 Å². The highest BCUT2D eigenvalue weighted by atomic mass is 32.1. The Kier molecular flexibility index (Phi) is 4.82. The molecule has 0 radical (unpaired) electrons. The van der Waals surface area contributed by atoms with E-state index in [-0.39, 0.29) is 5.54 Å². The van der Waals surface area contributed by atoms with Gasteiger partial charge < -0.3 is 5.32 Å². The van der Waals surface area contributed by atoms with Crippen LogP contribution in [-0.2, 0) is 13.1 Å². The van der Waals surface area contributed by atoms with E-state index in [1.54, 1.807) is 0 Å². The predicted molar refractivity (Wildman–Crippen MR) is 84.5 cm³/mol. The standard InChI is InChI=1S/C16H26N2S/c1-5-10-18(13-6-7-13)12-15-9-8-14(19-15)11-17-16(2,3)4/h5,8-9,13,17H,1,6-7,10-12H2,2-4H3. The topological polar surface area (TPSA) is 15.3 Å². The van der Waals surface area contributed by atoms with E-state index in [4.69, 9.17) is 0 Å². The van der Waals surface area contributed by atoms with Gasteiger partial charge in [-0.05, 0) is 45.7 Å². The van der Waals surface area contributed by atoms with Crippen LogP contribution in [0.25, 0.3) is 0 Å². The summed E-state index contributed by atoms with van der Waals surface area (Å²) in [4.78, 5) is 5.44.